The van der Waals surface area contributed by atoms with Crippen LogP contribution in [0.4, 0.5) is 11.6 Å². The van der Waals surface area contributed by atoms with Gasteiger partial charge in [0.05, 0.1) is 0 Å². The van der Waals surface area contributed by atoms with Crippen molar-refractivity contribution in [1.29, 1.82) is 0 Å². The molecule has 1 heterocycles. The topological polar surface area (TPSA) is 93.6 Å². The Morgan fingerprint density at radius 1 is 1.33 bits per heavy atom. The van der Waals surface area contributed by atoms with Gasteiger partial charge < -0.3 is 11.5 Å². The fraction of sp³-hybridized carbons (Fsp3) is 0.111. The van der Waals surface area contributed by atoms with Crippen LogP contribution >= 0.6 is 11.8 Å². The molecule has 0 amide bonds. The molecule has 0 saturated heterocycles. The van der Waals surface area contributed by atoms with Crippen LogP contribution in [-0.4, -0.2) is 15.2 Å². The third-order valence-electron chi connectivity index (χ3n) is 1.80. The number of anilines is 2. The van der Waals surface area contributed by atoms with Crippen LogP contribution in [0, 0.1) is 0 Å². The highest BCUT2D eigenvalue weighted by Gasteiger charge is 2.01. The number of hydrogen-bond acceptors (Lipinski definition) is 5. The number of nitrogens with one attached hydrogen (secondary N) is 1. The minimum atomic E-state index is 0.338. The Bertz CT molecular complexity index is 453. The summed E-state index contributed by atoms with van der Waals surface area (Å²) in [4.78, 5) is 3.99. The van der Waals surface area contributed by atoms with Gasteiger partial charge in [-0.25, -0.2) is 5.10 Å². The summed E-state index contributed by atoms with van der Waals surface area (Å²) in [6.45, 7) is 0. The molecule has 0 aliphatic carbocycles. The molecule has 0 atom stereocenters. The van der Waals surface area contributed by atoms with Crippen molar-refractivity contribution in [3.63, 3.8) is 0 Å². The Morgan fingerprint density at radius 2 is 2.20 bits per heavy atom. The van der Waals surface area contributed by atoms with E-state index in [1.54, 1.807) is 0 Å². The van der Waals surface area contributed by atoms with E-state index in [1.165, 1.54) is 11.8 Å². The van der Waals surface area contributed by atoms with Crippen molar-refractivity contribution < 1.29 is 0 Å². The lowest BCUT2D eigenvalue weighted by Gasteiger charge is -1.99. The van der Waals surface area contributed by atoms with E-state index >= 15 is 0 Å². The predicted octanol–water partition coefficient (Wildman–Crippen LogP) is 1.26. The van der Waals surface area contributed by atoms with Crippen molar-refractivity contribution in [3.8, 4) is 0 Å². The lowest BCUT2D eigenvalue weighted by Crippen LogP contribution is -1.87. The number of hydrogen-bond donors (Lipinski definition) is 3. The van der Waals surface area contributed by atoms with Crippen molar-refractivity contribution in [2.45, 2.75) is 10.9 Å². The first-order chi connectivity index (χ1) is 7.24. The molecule has 0 aliphatic rings. The summed E-state index contributed by atoms with van der Waals surface area (Å²) in [6.07, 6.45) is 0. The summed E-state index contributed by atoms with van der Waals surface area (Å²) in [5.41, 5.74) is 13.0. The van der Waals surface area contributed by atoms with Gasteiger partial charge in [0.2, 0.25) is 11.1 Å². The van der Waals surface area contributed by atoms with Crippen LogP contribution in [0.5, 0.6) is 0 Å². The second kappa shape index (κ2) is 4.22. The lowest BCUT2D eigenvalue weighted by molar-refractivity contribution is 0.973. The zero-order chi connectivity index (χ0) is 10.7. The zero-order valence-electron chi connectivity index (χ0n) is 7.97. The maximum Gasteiger partial charge on any atom is 0.216 e. The summed E-state index contributed by atoms with van der Waals surface area (Å²) in [7, 11) is 0. The molecule has 5 N–H and O–H groups in total. The molecular weight excluding hydrogens is 210 g/mol. The van der Waals surface area contributed by atoms with Gasteiger partial charge in [0.25, 0.3) is 0 Å². The third kappa shape index (κ3) is 2.63. The average Bonchev–Trinajstić information content (AvgIpc) is 2.62. The molecule has 6 heteroatoms. The van der Waals surface area contributed by atoms with E-state index in [4.69, 9.17) is 11.5 Å². The molecule has 0 unspecified atom stereocenters. The lowest BCUT2D eigenvalue weighted by atomic mass is 10.2. The summed E-state index contributed by atoms with van der Waals surface area (Å²) in [6, 6.07) is 7.74. The Balaban J connectivity index is 1.99. The Hall–Kier alpha value is -1.69. The molecule has 0 radical (unpaired) electrons. The molecule has 2 aromatic rings. The number of aromatic amines is 1. The van der Waals surface area contributed by atoms with E-state index in [9.17, 15) is 0 Å². The smallest absolute Gasteiger partial charge is 0.216 e. The fourth-order valence-electron chi connectivity index (χ4n) is 1.15. The van der Waals surface area contributed by atoms with E-state index in [0.29, 0.717) is 11.1 Å². The number of H-pyrrole nitrogens is 1. The quantitative estimate of drug-likeness (QED) is 0.536. The molecule has 15 heavy (non-hydrogen) atoms. The normalized spacial score (nSPS) is 10.4. The first-order valence-corrected chi connectivity index (χ1v) is 5.38. The fourth-order valence-corrected chi connectivity index (χ4v) is 1.90. The van der Waals surface area contributed by atoms with Gasteiger partial charge in [-0.1, -0.05) is 23.9 Å². The molecule has 5 nitrogen and oxygen atoms in total. The summed E-state index contributed by atoms with van der Waals surface area (Å²) in [5, 5.41) is 7.16. The predicted molar refractivity (Wildman–Crippen MR) is 61.2 cm³/mol. The van der Waals surface area contributed by atoms with Crippen molar-refractivity contribution in [1.82, 2.24) is 15.2 Å². The summed E-state index contributed by atoms with van der Waals surface area (Å²) < 4.78 is 0. The van der Waals surface area contributed by atoms with Gasteiger partial charge in [0, 0.05) is 11.4 Å². The maximum atomic E-state index is 5.66. The molecule has 78 valence electrons. The number of nitrogens with zero attached hydrogens (tertiary/aromatic N) is 2. The van der Waals surface area contributed by atoms with Crippen LogP contribution < -0.4 is 11.5 Å². The Kier molecular flexibility index (Phi) is 2.77. The van der Waals surface area contributed by atoms with Gasteiger partial charge in [-0.3, -0.25) is 0 Å². The highest BCUT2D eigenvalue weighted by atomic mass is 32.2. The second-order valence-corrected chi connectivity index (χ2v) is 3.98. The largest absolute Gasteiger partial charge is 0.399 e. The first kappa shape index (κ1) is 9.85. The Labute approximate surface area is 91.3 Å². The SMILES string of the molecule is Nc1cccc(CSc2n[nH]c(N)n2)c1. The van der Waals surface area contributed by atoms with E-state index in [2.05, 4.69) is 15.2 Å². The number of thioether (sulfide) groups is 1. The monoisotopic (exact) mass is 221 g/mol. The molecular formula is C9H11N5S. The van der Waals surface area contributed by atoms with Crippen LogP contribution in [0.25, 0.3) is 0 Å². The highest BCUT2D eigenvalue weighted by Crippen LogP contribution is 2.20. The minimum Gasteiger partial charge on any atom is -0.399 e. The molecule has 0 saturated carbocycles. The second-order valence-electron chi connectivity index (χ2n) is 3.04. The standard InChI is InChI=1S/C9H11N5S/c10-7-3-1-2-6(4-7)5-15-9-12-8(11)13-14-9/h1-4H,5,10H2,(H3,11,12,13,14). The molecule has 1 aromatic heterocycles. The van der Waals surface area contributed by atoms with E-state index in [0.717, 1.165) is 17.0 Å². The van der Waals surface area contributed by atoms with E-state index in [-0.39, 0.29) is 0 Å². The van der Waals surface area contributed by atoms with Gasteiger partial charge in [-0.05, 0) is 17.7 Å². The van der Waals surface area contributed by atoms with Gasteiger partial charge in [-0.15, -0.1) is 5.10 Å². The first-order valence-electron chi connectivity index (χ1n) is 4.39. The molecule has 2 rings (SSSR count). The molecule has 0 aliphatic heterocycles. The number of rotatable bonds is 3. The summed E-state index contributed by atoms with van der Waals surface area (Å²) >= 11 is 1.51. The van der Waals surface area contributed by atoms with Crippen LogP contribution in [0.15, 0.2) is 29.4 Å². The van der Waals surface area contributed by atoms with Crippen molar-refractivity contribution in [3.05, 3.63) is 29.8 Å². The number of nitrogens with two attached hydrogens (primary N) is 2. The van der Waals surface area contributed by atoms with E-state index < -0.39 is 0 Å². The number of aromatic nitrogens is 3. The minimum absolute atomic E-state index is 0.338. The third-order valence-corrected chi connectivity index (χ3v) is 2.72. The highest BCUT2D eigenvalue weighted by molar-refractivity contribution is 7.98. The number of benzene rings is 1. The zero-order valence-corrected chi connectivity index (χ0v) is 8.79. The number of nitrogen functional groups attached to an aromatic ring is 2. The average molecular weight is 221 g/mol. The van der Waals surface area contributed by atoms with Crippen molar-refractivity contribution in [2.75, 3.05) is 11.5 Å². The molecule has 0 bridgehead atoms. The molecule has 0 spiro atoms. The van der Waals surface area contributed by atoms with Crippen LogP contribution in [0.2, 0.25) is 0 Å². The van der Waals surface area contributed by atoms with Gasteiger partial charge >= 0.3 is 0 Å². The van der Waals surface area contributed by atoms with Gasteiger partial charge in [-0.2, -0.15) is 4.98 Å². The molecule has 1 aromatic carbocycles. The maximum absolute atomic E-state index is 5.66. The van der Waals surface area contributed by atoms with Gasteiger partial charge in [0.1, 0.15) is 0 Å². The van der Waals surface area contributed by atoms with Crippen molar-refractivity contribution in [2.24, 2.45) is 0 Å². The summed E-state index contributed by atoms with van der Waals surface area (Å²) in [5.74, 6) is 1.12. The van der Waals surface area contributed by atoms with Crippen molar-refractivity contribution >= 4 is 23.4 Å². The Morgan fingerprint density at radius 3 is 2.87 bits per heavy atom. The van der Waals surface area contributed by atoms with E-state index in [1.807, 2.05) is 24.3 Å². The van der Waals surface area contributed by atoms with Gasteiger partial charge in [0.15, 0.2) is 0 Å². The van der Waals surface area contributed by atoms with Crippen LogP contribution in [0.3, 0.4) is 0 Å². The van der Waals surface area contributed by atoms with Crippen LogP contribution in [-0.2, 0) is 5.75 Å². The van der Waals surface area contributed by atoms with Crippen LogP contribution in [0.1, 0.15) is 5.56 Å². The molecule has 0 fully saturated rings.